The monoisotopic (exact) mass is 448 g/mol. The van der Waals surface area contributed by atoms with Crippen LogP contribution in [0.15, 0.2) is 36.4 Å². The average Bonchev–Trinajstić information content (AvgIpc) is 2.72. The van der Waals surface area contributed by atoms with Gasteiger partial charge in [0.15, 0.2) is 6.61 Å². The molecule has 1 fully saturated rings. The van der Waals surface area contributed by atoms with Gasteiger partial charge in [-0.05, 0) is 56.2 Å². The summed E-state index contributed by atoms with van der Waals surface area (Å²) in [6.07, 6.45) is 0. The van der Waals surface area contributed by atoms with E-state index in [0.717, 1.165) is 5.56 Å². The van der Waals surface area contributed by atoms with Crippen molar-refractivity contribution in [1.29, 1.82) is 0 Å². The number of carbonyl (C=O) groups excluding carboxylic acids is 1. The first-order chi connectivity index (χ1) is 14.7. The Balaban J connectivity index is 1.62. The SMILES string of the molecule is Cc1cc(OCC(=O)N2C[C@H](C)N(Cc3ccc(F)cc3)C[C@H]2C)c(C(=O)O)cc1Cl. The highest BCUT2D eigenvalue weighted by Gasteiger charge is 2.32. The largest absolute Gasteiger partial charge is 0.483 e. The van der Waals surface area contributed by atoms with Crippen LogP contribution in [0.25, 0.3) is 0 Å². The third-order valence-electron chi connectivity index (χ3n) is 5.58. The number of hydrogen-bond donors (Lipinski definition) is 1. The molecular weight excluding hydrogens is 423 g/mol. The zero-order valence-electron chi connectivity index (χ0n) is 17.8. The molecule has 0 aliphatic carbocycles. The van der Waals surface area contributed by atoms with Crippen LogP contribution in [-0.4, -0.2) is 58.6 Å². The molecule has 1 aliphatic heterocycles. The molecule has 31 heavy (non-hydrogen) atoms. The van der Waals surface area contributed by atoms with E-state index in [0.29, 0.717) is 30.2 Å². The van der Waals surface area contributed by atoms with Crippen LogP contribution in [0.2, 0.25) is 5.02 Å². The second kappa shape index (κ2) is 9.66. The second-order valence-corrected chi connectivity index (χ2v) is 8.40. The minimum Gasteiger partial charge on any atom is -0.483 e. The number of nitrogens with zero attached hydrogens (tertiary/aromatic N) is 2. The van der Waals surface area contributed by atoms with Crippen molar-refractivity contribution in [3.8, 4) is 5.75 Å². The van der Waals surface area contributed by atoms with Crippen LogP contribution in [0.1, 0.15) is 35.3 Å². The van der Waals surface area contributed by atoms with Crippen LogP contribution in [-0.2, 0) is 11.3 Å². The van der Waals surface area contributed by atoms with Crippen molar-refractivity contribution in [2.24, 2.45) is 0 Å². The number of amides is 1. The highest BCUT2D eigenvalue weighted by molar-refractivity contribution is 6.31. The fourth-order valence-electron chi connectivity index (χ4n) is 3.75. The van der Waals surface area contributed by atoms with Crippen LogP contribution in [0.5, 0.6) is 5.75 Å². The van der Waals surface area contributed by atoms with E-state index in [1.807, 2.05) is 13.8 Å². The Bertz CT molecular complexity index is 967. The van der Waals surface area contributed by atoms with Gasteiger partial charge in [0.05, 0.1) is 0 Å². The lowest BCUT2D eigenvalue weighted by Gasteiger charge is -2.44. The molecule has 0 bridgehead atoms. The van der Waals surface area contributed by atoms with E-state index in [4.69, 9.17) is 16.3 Å². The van der Waals surface area contributed by atoms with Gasteiger partial charge in [-0.2, -0.15) is 0 Å². The van der Waals surface area contributed by atoms with E-state index in [1.165, 1.54) is 24.3 Å². The van der Waals surface area contributed by atoms with Crippen molar-refractivity contribution in [1.82, 2.24) is 9.80 Å². The molecule has 2 aromatic carbocycles. The van der Waals surface area contributed by atoms with Crippen LogP contribution in [0.4, 0.5) is 4.39 Å². The first kappa shape index (κ1) is 23.0. The topological polar surface area (TPSA) is 70.1 Å². The van der Waals surface area contributed by atoms with Gasteiger partial charge in [-0.1, -0.05) is 23.7 Å². The van der Waals surface area contributed by atoms with Gasteiger partial charge in [0.1, 0.15) is 17.1 Å². The number of hydrogen-bond acceptors (Lipinski definition) is 4. The standard InChI is InChI=1S/C23H26ClFN2O4/c1-14-8-21(19(23(29)30)9-20(14)24)31-13-22(28)27-11-15(2)26(10-16(27)3)12-17-4-6-18(25)7-5-17/h4-9,15-16H,10-13H2,1-3H3,(H,29,30)/t15-,16+/m0/s1. The van der Waals surface area contributed by atoms with Crippen LogP contribution >= 0.6 is 11.6 Å². The normalized spacial score (nSPS) is 19.3. The van der Waals surface area contributed by atoms with Gasteiger partial charge in [0.25, 0.3) is 5.91 Å². The van der Waals surface area contributed by atoms with E-state index >= 15 is 0 Å². The number of ether oxygens (including phenoxy) is 1. The van der Waals surface area contributed by atoms with Crippen molar-refractivity contribution in [3.05, 3.63) is 63.9 Å². The number of rotatable bonds is 6. The molecule has 3 rings (SSSR count). The Morgan fingerprint density at radius 3 is 2.48 bits per heavy atom. The summed E-state index contributed by atoms with van der Waals surface area (Å²) in [6, 6.07) is 9.37. The third kappa shape index (κ3) is 5.54. The Morgan fingerprint density at radius 1 is 1.16 bits per heavy atom. The molecule has 1 amide bonds. The lowest BCUT2D eigenvalue weighted by Crippen LogP contribution is -2.58. The summed E-state index contributed by atoms with van der Waals surface area (Å²) in [5, 5.41) is 9.71. The summed E-state index contributed by atoms with van der Waals surface area (Å²) >= 11 is 6.01. The van der Waals surface area contributed by atoms with Gasteiger partial charge < -0.3 is 14.7 Å². The number of aromatic carboxylic acids is 1. The second-order valence-electron chi connectivity index (χ2n) is 7.99. The minimum atomic E-state index is -1.17. The van der Waals surface area contributed by atoms with Crippen molar-refractivity contribution in [2.75, 3.05) is 19.7 Å². The first-order valence-corrected chi connectivity index (χ1v) is 10.5. The molecule has 1 saturated heterocycles. The Kier molecular flexibility index (Phi) is 7.18. The van der Waals surface area contributed by atoms with Crippen molar-refractivity contribution in [3.63, 3.8) is 0 Å². The first-order valence-electron chi connectivity index (χ1n) is 10.1. The fourth-order valence-corrected chi connectivity index (χ4v) is 3.92. The van der Waals surface area contributed by atoms with E-state index in [-0.39, 0.29) is 41.7 Å². The number of aryl methyl sites for hydroxylation is 1. The van der Waals surface area contributed by atoms with Crippen LogP contribution in [0.3, 0.4) is 0 Å². The average molecular weight is 449 g/mol. The molecular formula is C23H26ClFN2O4. The van der Waals surface area contributed by atoms with E-state index in [1.54, 1.807) is 24.0 Å². The molecule has 2 aromatic rings. The molecule has 0 radical (unpaired) electrons. The Hall–Kier alpha value is -2.64. The lowest BCUT2D eigenvalue weighted by molar-refractivity contribution is -0.139. The smallest absolute Gasteiger partial charge is 0.339 e. The molecule has 1 heterocycles. The van der Waals surface area contributed by atoms with Gasteiger partial charge in [-0.15, -0.1) is 0 Å². The quantitative estimate of drug-likeness (QED) is 0.723. The van der Waals surface area contributed by atoms with Crippen LogP contribution < -0.4 is 4.74 Å². The van der Waals surface area contributed by atoms with Gasteiger partial charge >= 0.3 is 5.97 Å². The lowest BCUT2D eigenvalue weighted by atomic mass is 10.1. The summed E-state index contributed by atoms with van der Waals surface area (Å²) in [4.78, 5) is 28.3. The third-order valence-corrected chi connectivity index (χ3v) is 5.98. The molecule has 0 unspecified atom stereocenters. The van der Waals surface area contributed by atoms with Gasteiger partial charge in [0, 0.05) is 36.7 Å². The zero-order valence-corrected chi connectivity index (χ0v) is 18.5. The summed E-state index contributed by atoms with van der Waals surface area (Å²) in [7, 11) is 0. The highest BCUT2D eigenvalue weighted by atomic mass is 35.5. The maximum Gasteiger partial charge on any atom is 0.339 e. The molecule has 0 aromatic heterocycles. The number of carbonyl (C=O) groups is 2. The number of carboxylic acids is 1. The maximum atomic E-state index is 13.1. The molecule has 166 valence electrons. The number of piperazine rings is 1. The van der Waals surface area contributed by atoms with Crippen LogP contribution in [0, 0.1) is 12.7 Å². The predicted molar refractivity (Wildman–Crippen MR) is 116 cm³/mol. The molecule has 0 spiro atoms. The van der Waals surface area contributed by atoms with Gasteiger partial charge in [-0.25, -0.2) is 9.18 Å². The molecule has 1 aliphatic rings. The summed E-state index contributed by atoms with van der Waals surface area (Å²) in [5.74, 6) is -1.51. The summed E-state index contributed by atoms with van der Waals surface area (Å²) < 4.78 is 18.7. The van der Waals surface area contributed by atoms with E-state index in [9.17, 15) is 19.1 Å². The van der Waals surface area contributed by atoms with Gasteiger partial charge in [0.2, 0.25) is 0 Å². The van der Waals surface area contributed by atoms with E-state index in [2.05, 4.69) is 4.90 Å². The predicted octanol–water partition coefficient (Wildman–Crippen LogP) is 3.99. The minimum absolute atomic E-state index is 0.0429. The van der Waals surface area contributed by atoms with E-state index < -0.39 is 5.97 Å². The van der Waals surface area contributed by atoms with Gasteiger partial charge in [-0.3, -0.25) is 9.69 Å². The highest BCUT2D eigenvalue weighted by Crippen LogP contribution is 2.27. The maximum absolute atomic E-state index is 13.1. The molecule has 8 heteroatoms. The fraction of sp³-hybridized carbons (Fsp3) is 0.391. The Morgan fingerprint density at radius 2 is 1.84 bits per heavy atom. The summed E-state index contributed by atoms with van der Waals surface area (Å²) in [5.41, 5.74) is 1.61. The van der Waals surface area contributed by atoms with Crippen molar-refractivity contribution in [2.45, 2.75) is 39.4 Å². The molecule has 2 atom stereocenters. The number of benzene rings is 2. The zero-order chi connectivity index (χ0) is 22.7. The summed E-state index contributed by atoms with van der Waals surface area (Å²) in [6.45, 7) is 7.37. The molecule has 0 saturated carbocycles. The Labute approximate surface area is 186 Å². The number of carboxylic acid groups (broad SMARTS) is 1. The van der Waals surface area contributed by atoms with Crippen molar-refractivity contribution >= 4 is 23.5 Å². The molecule has 1 N–H and O–H groups in total. The molecule has 6 nitrogen and oxygen atoms in total. The number of halogens is 2. The van der Waals surface area contributed by atoms with Crippen molar-refractivity contribution < 1.29 is 23.8 Å².